The second kappa shape index (κ2) is 7.58. The molecule has 1 aromatic carbocycles. The minimum absolute atomic E-state index is 0.350. The lowest BCUT2D eigenvalue weighted by Crippen LogP contribution is -2.31. The Hall–Kier alpha value is -1.63. The topological polar surface area (TPSA) is 80.0 Å². The quantitative estimate of drug-likeness (QED) is 0.841. The molecule has 2 N–H and O–H groups in total. The van der Waals surface area contributed by atoms with Gasteiger partial charge in [-0.15, -0.1) is 10.2 Å². The maximum Gasteiger partial charge on any atom is 0.253 e. The van der Waals surface area contributed by atoms with Crippen molar-refractivity contribution in [3.05, 3.63) is 46.0 Å². The number of carbonyl (C=O) groups excluding carboxylic acids is 1. The largest absolute Gasteiger partial charge is 0.378 e. The molecule has 0 fully saturated rings. The number of nitrogens with zero attached hydrogens (tertiary/aromatic N) is 3. The van der Waals surface area contributed by atoms with Crippen LogP contribution in [0.3, 0.4) is 0 Å². The van der Waals surface area contributed by atoms with E-state index in [0.717, 1.165) is 12.4 Å². The highest BCUT2D eigenvalue weighted by Gasteiger charge is 2.18. The Kier molecular flexibility index (Phi) is 5.76. The molecule has 0 aliphatic carbocycles. The molecule has 0 aliphatic rings. The fraction of sp³-hybridized carbons (Fsp3) is 0.357. The predicted octanol–water partition coefficient (Wildman–Crippen LogP) is 2.00. The van der Waals surface area contributed by atoms with Crippen molar-refractivity contribution in [2.75, 3.05) is 6.54 Å². The van der Waals surface area contributed by atoms with Crippen LogP contribution < -0.4 is 5.32 Å². The third-order valence-electron chi connectivity index (χ3n) is 3.13. The van der Waals surface area contributed by atoms with Gasteiger partial charge >= 0.3 is 0 Å². The number of aromatic nitrogens is 3. The molecule has 0 spiro atoms. The summed E-state index contributed by atoms with van der Waals surface area (Å²) in [5.74, 6) is 0.268. The van der Waals surface area contributed by atoms with E-state index in [2.05, 4.69) is 15.5 Å². The smallest absolute Gasteiger partial charge is 0.253 e. The Bertz CT molecular complexity index is 640. The molecule has 1 atom stereocenters. The summed E-state index contributed by atoms with van der Waals surface area (Å²) >= 11 is 11.7. The molecular weight excluding hydrogens is 327 g/mol. The summed E-state index contributed by atoms with van der Waals surface area (Å²) in [4.78, 5) is 12.0. The third-order valence-corrected chi connectivity index (χ3v) is 3.57. The fourth-order valence-electron chi connectivity index (χ4n) is 2.02. The lowest BCUT2D eigenvalue weighted by Gasteiger charge is -2.12. The first-order valence-electron chi connectivity index (χ1n) is 6.79. The van der Waals surface area contributed by atoms with Gasteiger partial charge in [-0.25, -0.2) is 0 Å². The van der Waals surface area contributed by atoms with E-state index in [1.165, 1.54) is 18.2 Å². The van der Waals surface area contributed by atoms with Gasteiger partial charge in [0.25, 0.3) is 5.91 Å². The molecule has 22 heavy (non-hydrogen) atoms. The summed E-state index contributed by atoms with van der Waals surface area (Å²) in [6.07, 6.45) is 0.850. The highest BCUT2D eigenvalue weighted by atomic mass is 35.5. The van der Waals surface area contributed by atoms with Gasteiger partial charge in [-0.05, 0) is 30.7 Å². The second-order valence-corrected chi connectivity index (χ2v) is 5.55. The van der Waals surface area contributed by atoms with E-state index >= 15 is 0 Å². The first kappa shape index (κ1) is 16.7. The van der Waals surface area contributed by atoms with Crippen molar-refractivity contribution in [2.45, 2.75) is 26.0 Å². The van der Waals surface area contributed by atoms with Gasteiger partial charge in [-0.2, -0.15) is 0 Å². The van der Waals surface area contributed by atoms with Crippen LogP contribution in [-0.4, -0.2) is 32.3 Å². The van der Waals surface area contributed by atoms with E-state index in [1.807, 2.05) is 11.5 Å². The Morgan fingerprint density at radius 2 is 2.05 bits per heavy atom. The number of hydrogen-bond donors (Lipinski definition) is 2. The predicted molar refractivity (Wildman–Crippen MR) is 83.8 cm³/mol. The Morgan fingerprint density at radius 3 is 2.68 bits per heavy atom. The number of nitrogens with one attached hydrogen (secondary N) is 1. The molecule has 2 rings (SSSR count). The van der Waals surface area contributed by atoms with Crippen molar-refractivity contribution in [1.29, 1.82) is 0 Å². The highest BCUT2D eigenvalue weighted by Crippen LogP contribution is 2.23. The number of aliphatic hydroxyl groups excluding tert-OH is 1. The monoisotopic (exact) mass is 342 g/mol. The van der Waals surface area contributed by atoms with E-state index in [1.54, 1.807) is 6.33 Å². The van der Waals surface area contributed by atoms with Crippen LogP contribution in [0.2, 0.25) is 10.0 Å². The van der Waals surface area contributed by atoms with Crippen LogP contribution in [0.25, 0.3) is 0 Å². The van der Waals surface area contributed by atoms with E-state index in [-0.39, 0.29) is 0 Å². The maximum absolute atomic E-state index is 12.0. The molecule has 1 aromatic heterocycles. The molecule has 0 aliphatic heterocycles. The Labute approximate surface area is 138 Å². The summed E-state index contributed by atoms with van der Waals surface area (Å²) in [6, 6.07) is 4.55. The summed E-state index contributed by atoms with van der Waals surface area (Å²) in [5.41, 5.74) is 0.353. The molecule has 1 heterocycles. The molecule has 0 saturated heterocycles. The van der Waals surface area contributed by atoms with Crippen molar-refractivity contribution >= 4 is 29.1 Å². The van der Waals surface area contributed by atoms with E-state index in [9.17, 15) is 9.90 Å². The first-order valence-corrected chi connectivity index (χ1v) is 7.55. The first-order chi connectivity index (χ1) is 10.5. The second-order valence-electron chi connectivity index (χ2n) is 4.68. The summed E-state index contributed by atoms with van der Waals surface area (Å²) in [7, 11) is 0. The average Bonchev–Trinajstić information content (AvgIpc) is 2.92. The molecule has 2 aromatic rings. The van der Waals surface area contributed by atoms with E-state index in [0.29, 0.717) is 28.6 Å². The van der Waals surface area contributed by atoms with Crippen molar-refractivity contribution in [2.24, 2.45) is 0 Å². The maximum atomic E-state index is 12.0. The van der Waals surface area contributed by atoms with Crippen LogP contribution in [0.4, 0.5) is 0 Å². The average molecular weight is 343 g/mol. The fourth-order valence-corrected chi connectivity index (χ4v) is 2.56. The van der Waals surface area contributed by atoms with Crippen molar-refractivity contribution in [3.8, 4) is 0 Å². The third kappa shape index (κ3) is 4.19. The van der Waals surface area contributed by atoms with Crippen LogP contribution in [0.5, 0.6) is 0 Å². The number of aliphatic hydroxyl groups is 1. The summed E-state index contributed by atoms with van der Waals surface area (Å²) in [5, 5.41) is 21.2. The van der Waals surface area contributed by atoms with Gasteiger partial charge in [0.2, 0.25) is 0 Å². The van der Waals surface area contributed by atoms with E-state index < -0.39 is 12.0 Å². The molecule has 1 amide bonds. The number of hydrogen-bond acceptors (Lipinski definition) is 4. The molecule has 1 unspecified atom stereocenters. The van der Waals surface area contributed by atoms with Gasteiger partial charge in [0.05, 0.1) is 0 Å². The number of amides is 1. The van der Waals surface area contributed by atoms with Gasteiger partial charge in [0, 0.05) is 29.6 Å². The molecule has 6 nitrogen and oxygen atoms in total. The summed E-state index contributed by atoms with van der Waals surface area (Å²) in [6.45, 7) is 3.10. The van der Waals surface area contributed by atoms with Gasteiger partial charge in [-0.3, -0.25) is 4.79 Å². The zero-order valence-electron chi connectivity index (χ0n) is 12.0. The number of benzene rings is 1. The normalized spacial score (nSPS) is 12.2. The molecule has 0 saturated carbocycles. The standard InChI is InChI=1S/C14H16Cl2N4O2/c1-2-20-8-18-19-12(20)3-4-17-14(22)13(21)9-5-10(15)7-11(16)6-9/h5-8,13,21H,2-4H2,1H3,(H,17,22). The molecule has 118 valence electrons. The van der Waals surface area contributed by atoms with Crippen LogP contribution in [-0.2, 0) is 17.8 Å². The molecule has 0 bridgehead atoms. The molecule has 8 heteroatoms. The van der Waals surface area contributed by atoms with Crippen molar-refractivity contribution < 1.29 is 9.90 Å². The van der Waals surface area contributed by atoms with Crippen molar-refractivity contribution in [1.82, 2.24) is 20.1 Å². The lowest BCUT2D eigenvalue weighted by molar-refractivity contribution is -0.129. The molecular formula is C14H16Cl2N4O2. The zero-order chi connectivity index (χ0) is 16.1. The van der Waals surface area contributed by atoms with Crippen LogP contribution in [0.15, 0.2) is 24.5 Å². The van der Waals surface area contributed by atoms with Gasteiger partial charge in [0.15, 0.2) is 6.10 Å². The van der Waals surface area contributed by atoms with Crippen LogP contribution >= 0.6 is 23.2 Å². The zero-order valence-corrected chi connectivity index (χ0v) is 13.5. The number of aryl methyl sites for hydroxylation is 1. The van der Waals surface area contributed by atoms with E-state index in [4.69, 9.17) is 23.2 Å². The number of carbonyl (C=O) groups is 1. The SMILES string of the molecule is CCn1cnnc1CCNC(=O)C(O)c1cc(Cl)cc(Cl)c1. The van der Waals surface area contributed by atoms with Crippen molar-refractivity contribution in [3.63, 3.8) is 0 Å². The Balaban J connectivity index is 1.91. The van der Waals surface area contributed by atoms with Gasteiger partial charge in [0.1, 0.15) is 12.2 Å². The van der Waals surface area contributed by atoms with Crippen LogP contribution in [0.1, 0.15) is 24.4 Å². The van der Waals surface area contributed by atoms with Gasteiger partial charge in [-0.1, -0.05) is 23.2 Å². The number of halogens is 2. The highest BCUT2D eigenvalue weighted by molar-refractivity contribution is 6.34. The number of rotatable bonds is 6. The molecule has 0 radical (unpaired) electrons. The Morgan fingerprint density at radius 1 is 1.36 bits per heavy atom. The lowest BCUT2D eigenvalue weighted by atomic mass is 10.1. The minimum atomic E-state index is -1.32. The van der Waals surface area contributed by atoms with Crippen LogP contribution in [0, 0.1) is 0 Å². The summed E-state index contributed by atoms with van der Waals surface area (Å²) < 4.78 is 1.89. The minimum Gasteiger partial charge on any atom is -0.378 e. The van der Waals surface area contributed by atoms with Gasteiger partial charge < -0.3 is 15.0 Å².